The van der Waals surface area contributed by atoms with Crippen molar-refractivity contribution in [2.75, 3.05) is 51.8 Å². The van der Waals surface area contributed by atoms with Gasteiger partial charge in [0.25, 0.3) is 0 Å². The zero-order chi connectivity index (χ0) is 20.6. The molecule has 0 bridgehead atoms. The zero-order valence-corrected chi connectivity index (χ0v) is 21.2. The number of benzene rings is 1. The Bertz CT molecular complexity index is 823. The molecule has 3 rings (SSSR count). The molecule has 0 atom stereocenters. The number of rotatable bonds is 7. The van der Waals surface area contributed by atoms with E-state index in [4.69, 9.17) is 9.47 Å². The van der Waals surface area contributed by atoms with Gasteiger partial charge in [0.15, 0.2) is 17.5 Å². The summed E-state index contributed by atoms with van der Waals surface area (Å²) in [6, 6.07) is 6.00. The lowest BCUT2D eigenvalue weighted by atomic mass is 10.2. The number of nitrogens with one attached hydrogen (secondary N) is 1. The van der Waals surface area contributed by atoms with Gasteiger partial charge in [0, 0.05) is 57.7 Å². The molecule has 8 nitrogen and oxygen atoms in total. The van der Waals surface area contributed by atoms with Gasteiger partial charge in [-0.3, -0.25) is 4.99 Å². The minimum atomic E-state index is 0. The van der Waals surface area contributed by atoms with Crippen LogP contribution in [0.25, 0.3) is 0 Å². The highest BCUT2D eigenvalue weighted by atomic mass is 127. The second kappa shape index (κ2) is 12.1. The van der Waals surface area contributed by atoms with Crippen LogP contribution in [0.5, 0.6) is 11.5 Å². The lowest BCUT2D eigenvalue weighted by Crippen LogP contribution is -2.52. The van der Waals surface area contributed by atoms with Crippen molar-refractivity contribution in [1.29, 1.82) is 0 Å². The number of aryl methyl sites for hydroxylation is 1. The Morgan fingerprint density at radius 2 is 1.97 bits per heavy atom. The Hall–Kier alpha value is -1.82. The van der Waals surface area contributed by atoms with Crippen molar-refractivity contribution in [3.63, 3.8) is 0 Å². The first-order valence-electron chi connectivity index (χ1n) is 10.0. The number of halogens is 1. The minimum Gasteiger partial charge on any atom is -0.493 e. The monoisotopic (exact) mass is 546 g/mol. The Balaban J connectivity index is 0.00000320. The van der Waals surface area contributed by atoms with Gasteiger partial charge in [0.2, 0.25) is 5.13 Å². The summed E-state index contributed by atoms with van der Waals surface area (Å²) in [6.07, 6.45) is 0.878. The van der Waals surface area contributed by atoms with Crippen LogP contribution in [-0.4, -0.2) is 67.2 Å². The molecule has 10 heteroatoms. The Labute approximate surface area is 199 Å². The fourth-order valence-corrected chi connectivity index (χ4v) is 4.04. The highest BCUT2D eigenvalue weighted by Gasteiger charge is 2.22. The number of anilines is 1. The number of ether oxygens (including phenoxy) is 2. The van der Waals surface area contributed by atoms with Gasteiger partial charge in [0.1, 0.15) is 5.82 Å². The Morgan fingerprint density at radius 1 is 1.20 bits per heavy atom. The molecule has 2 aromatic rings. The second-order valence-corrected chi connectivity index (χ2v) is 7.37. The summed E-state index contributed by atoms with van der Waals surface area (Å²) in [5.74, 6) is 3.35. The van der Waals surface area contributed by atoms with Crippen LogP contribution in [0.2, 0.25) is 0 Å². The van der Waals surface area contributed by atoms with E-state index in [2.05, 4.69) is 36.4 Å². The molecule has 0 saturated carbocycles. The predicted octanol–water partition coefficient (Wildman–Crippen LogP) is 3.02. The maximum absolute atomic E-state index is 5.67. The smallest absolute Gasteiger partial charge is 0.205 e. The third-order valence-corrected chi connectivity index (χ3v) is 5.63. The molecule has 1 fully saturated rings. The van der Waals surface area contributed by atoms with Crippen LogP contribution < -0.4 is 19.7 Å². The standard InChI is InChI=1S/C20H30N6O2S.HI/c1-5-18-23-20(29-24-18)26-11-9-25(10-12-26)19(21-3)22-14-15-7-8-16(27-4)17(13-15)28-6-2;/h7-8,13H,5-6,9-12,14H2,1-4H3,(H,21,22);1H. The van der Waals surface area contributed by atoms with Crippen LogP contribution in [0.3, 0.4) is 0 Å². The van der Waals surface area contributed by atoms with Crippen molar-refractivity contribution in [2.24, 2.45) is 4.99 Å². The summed E-state index contributed by atoms with van der Waals surface area (Å²) in [6.45, 7) is 8.95. The van der Waals surface area contributed by atoms with Crippen LogP contribution in [0.15, 0.2) is 23.2 Å². The Kier molecular flexibility index (Phi) is 9.89. The third kappa shape index (κ3) is 6.10. The van der Waals surface area contributed by atoms with Gasteiger partial charge in [0.05, 0.1) is 13.7 Å². The van der Waals surface area contributed by atoms with Crippen molar-refractivity contribution >= 4 is 46.6 Å². The van der Waals surface area contributed by atoms with E-state index in [0.29, 0.717) is 13.2 Å². The molecular formula is C20H31IN6O2S. The molecular weight excluding hydrogens is 515 g/mol. The summed E-state index contributed by atoms with van der Waals surface area (Å²) in [5.41, 5.74) is 1.12. The van der Waals surface area contributed by atoms with Gasteiger partial charge in [-0.05, 0) is 24.6 Å². The molecule has 2 heterocycles. The topological polar surface area (TPSA) is 75.1 Å². The second-order valence-electron chi connectivity index (χ2n) is 6.64. The van der Waals surface area contributed by atoms with Crippen LogP contribution in [0, 0.1) is 0 Å². The van der Waals surface area contributed by atoms with Crippen molar-refractivity contribution < 1.29 is 9.47 Å². The van der Waals surface area contributed by atoms with Gasteiger partial charge in [-0.25, -0.2) is 4.98 Å². The molecule has 1 aromatic carbocycles. The summed E-state index contributed by atoms with van der Waals surface area (Å²) >= 11 is 1.49. The molecule has 1 aliphatic rings. The number of hydrogen-bond acceptors (Lipinski definition) is 7. The molecule has 30 heavy (non-hydrogen) atoms. The fourth-order valence-electron chi connectivity index (χ4n) is 3.24. The number of piperazine rings is 1. The van der Waals surface area contributed by atoms with E-state index in [1.807, 2.05) is 32.2 Å². The van der Waals surface area contributed by atoms with Crippen LogP contribution >= 0.6 is 35.5 Å². The normalized spacial score (nSPS) is 14.3. The average molecular weight is 546 g/mol. The Morgan fingerprint density at radius 3 is 2.57 bits per heavy atom. The number of aromatic nitrogens is 2. The molecule has 1 N–H and O–H groups in total. The van der Waals surface area contributed by atoms with Gasteiger partial charge in [-0.1, -0.05) is 13.0 Å². The molecule has 0 spiro atoms. The number of methoxy groups -OCH3 is 1. The van der Waals surface area contributed by atoms with Gasteiger partial charge in [-0.2, -0.15) is 4.37 Å². The molecule has 0 unspecified atom stereocenters. The quantitative estimate of drug-likeness (QED) is 0.325. The number of hydrogen-bond donors (Lipinski definition) is 1. The first kappa shape index (κ1) is 24.4. The lowest BCUT2D eigenvalue weighted by Gasteiger charge is -2.36. The largest absolute Gasteiger partial charge is 0.493 e. The molecule has 0 aliphatic carbocycles. The maximum Gasteiger partial charge on any atom is 0.205 e. The highest BCUT2D eigenvalue weighted by molar-refractivity contribution is 14.0. The molecule has 0 amide bonds. The lowest BCUT2D eigenvalue weighted by molar-refractivity contribution is 0.310. The molecule has 1 aliphatic heterocycles. The summed E-state index contributed by atoms with van der Waals surface area (Å²) in [4.78, 5) is 13.7. The van der Waals surface area contributed by atoms with E-state index in [-0.39, 0.29) is 24.0 Å². The van der Waals surface area contributed by atoms with Crippen LogP contribution in [-0.2, 0) is 13.0 Å². The molecule has 0 radical (unpaired) electrons. The molecule has 1 saturated heterocycles. The first-order chi connectivity index (χ1) is 14.2. The van der Waals surface area contributed by atoms with Gasteiger partial charge < -0.3 is 24.6 Å². The molecule has 166 valence electrons. The van der Waals surface area contributed by atoms with Crippen LogP contribution in [0.4, 0.5) is 5.13 Å². The van der Waals surface area contributed by atoms with Gasteiger partial charge >= 0.3 is 0 Å². The maximum atomic E-state index is 5.67. The summed E-state index contributed by atoms with van der Waals surface area (Å²) in [7, 11) is 3.48. The average Bonchev–Trinajstić information content (AvgIpc) is 3.24. The molecule has 1 aromatic heterocycles. The predicted molar refractivity (Wildman–Crippen MR) is 133 cm³/mol. The summed E-state index contributed by atoms with van der Waals surface area (Å²) < 4.78 is 15.4. The van der Waals surface area contributed by atoms with E-state index < -0.39 is 0 Å². The fraction of sp³-hybridized carbons (Fsp3) is 0.550. The third-order valence-electron chi connectivity index (χ3n) is 4.81. The first-order valence-corrected chi connectivity index (χ1v) is 10.8. The number of nitrogens with zero attached hydrogens (tertiary/aromatic N) is 5. The van der Waals surface area contributed by atoms with E-state index in [1.165, 1.54) is 11.5 Å². The van der Waals surface area contributed by atoms with E-state index in [9.17, 15) is 0 Å². The minimum absolute atomic E-state index is 0. The van der Waals surface area contributed by atoms with Crippen molar-refractivity contribution in [1.82, 2.24) is 19.6 Å². The number of aliphatic imine (C=N–C) groups is 1. The SMILES string of the molecule is CCOc1cc(CNC(=NC)N2CCN(c3nc(CC)ns3)CC2)ccc1OC.I. The van der Waals surface area contributed by atoms with Crippen LogP contribution in [0.1, 0.15) is 25.2 Å². The van der Waals surface area contributed by atoms with E-state index in [0.717, 1.165) is 66.6 Å². The van der Waals surface area contributed by atoms with Crippen molar-refractivity contribution in [3.05, 3.63) is 29.6 Å². The van der Waals surface area contributed by atoms with Crippen molar-refractivity contribution in [2.45, 2.75) is 26.8 Å². The summed E-state index contributed by atoms with van der Waals surface area (Å²) in [5, 5.41) is 4.49. The van der Waals surface area contributed by atoms with Crippen molar-refractivity contribution in [3.8, 4) is 11.5 Å². The zero-order valence-electron chi connectivity index (χ0n) is 18.1. The van der Waals surface area contributed by atoms with Gasteiger partial charge in [-0.15, -0.1) is 24.0 Å². The highest BCUT2D eigenvalue weighted by Crippen LogP contribution is 2.28. The van der Waals surface area contributed by atoms with E-state index >= 15 is 0 Å². The van der Waals surface area contributed by atoms with E-state index in [1.54, 1.807) is 7.11 Å². The number of guanidine groups is 1.